The van der Waals surface area contributed by atoms with Gasteiger partial charge in [-0.2, -0.15) is 0 Å². The van der Waals surface area contributed by atoms with Crippen LogP contribution in [-0.2, 0) is 0 Å². The summed E-state index contributed by atoms with van der Waals surface area (Å²) in [7, 11) is 0. The maximum Gasteiger partial charge on any atom is 0.251 e. The van der Waals surface area contributed by atoms with E-state index in [1.807, 2.05) is 25.1 Å². The minimum Gasteiger partial charge on any atom is -0.358 e. The fraction of sp³-hybridized carbons (Fsp3) is 0.357. The van der Waals surface area contributed by atoms with E-state index in [2.05, 4.69) is 17.2 Å². The fourth-order valence-corrected chi connectivity index (χ4v) is 2.01. The first-order chi connectivity index (χ1) is 8.63. The Morgan fingerprint density at radius 2 is 2.17 bits per heavy atom. The molecule has 1 amide bonds. The van der Waals surface area contributed by atoms with E-state index in [4.69, 9.17) is 5.73 Å². The second kappa shape index (κ2) is 5.23. The van der Waals surface area contributed by atoms with Gasteiger partial charge in [0, 0.05) is 28.7 Å². The summed E-state index contributed by atoms with van der Waals surface area (Å²) in [5.41, 5.74) is 9.50. The molecule has 2 aromatic rings. The number of hydrogen-bond donors (Lipinski definition) is 3. The molecule has 4 N–H and O–H groups in total. The maximum absolute atomic E-state index is 11.9. The molecule has 0 spiro atoms. The fourth-order valence-electron chi connectivity index (χ4n) is 2.01. The summed E-state index contributed by atoms with van der Waals surface area (Å²) in [6, 6.07) is 5.73. The summed E-state index contributed by atoms with van der Waals surface area (Å²) in [4.78, 5) is 15.2. The van der Waals surface area contributed by atoms with Crippen molar-refractivity contribution in [3.8, 4) is 0 Å². The molecule has 1 aromatic heterocycles. The third kappa shape index (κ3) is 2.38. The van der Waals surface area contributed by atoms with Crippen molar-refractivity contribution in [1.82, 2.24) is 10.3 Å². The van der Waals surface area contributed by atoms with Crippen LogP contribution in [-0.4, -0.2) is 24.0 Å². The summed E-state index contributed by atoms with van der Waals surface area (Å²) in [6.07, 6.45) is 0.802. The molecule has 4 heteroatoms. The zero-order chi connectivity index (χ0) is 13.1. The van der Waals surface area contributed by atoms with Crippen LogP contribution in [0.4, 0.5) is 0 Å². The summed E-state index contributed by atoms with van der Waals surface area (Å²) < 4.78 is 0. The highest BCUT2D eigenvalue weighted by Gasteiger charge is 2.09. The number of carbonyl (C=O) groups is 1. The lowest BCUT2D eigenvalue weighted by molar-refractivity contribution is 0.0953. The molecule has 0 fully saturated rings. The van der Waals surface area contributed by atoms with Gasteiger partial charge in [0.15, 0.2) is 0 Å². The predicted octanol–water partition coefficient (Wildman–Crippen LogP) is 1.86. The van der Waals surface area contributed by atoms with Crippen molar-refractivity contribution in [3.05, 3.63) is 35.0 Å². The van der Waals surface area contributed by atoms with Crippen LogP contribution in [0.1, 0.15) is 28.0 Å². The van der Waals surface area contributed by atoms with Crippen molar-refractivity contribution >= 4 is 16.8 Å². The average molecular weight is 245 g/mol. The van der Waals surface area contributed by atoms with E-state index in [9.17, 15) is 4.79 Å². The second-order valence-corrected chi connectivity index (χ2v) is 4.53. The van der Waals surface area contributed by atoms with Crippen LogP contribution in [0.25, 0.3) is 10.9 Å². The normalized spacial score (nSPS) is 10.8. The Morgan fingerprint density at radius 1 is 1.39 bits per heavy atom. The van der Waals surface area contributed by atoms with E-state index in [0.717, 1.165) is 23.0 Å². The zero-order valence-corrected chi connectivity index (χ0v) is 10.8. The number of aromatic nitrogens is 1. The molecule has 0 radical (unpaired) electrons. The molecule has 1 heterocycles. The number of aromatic amines is 1. The van der Waals surface area contributed by atoms with Crippen LogP contribution in [0.2, 0.25) is 0 Å². The summed E-state index contributed by atoms with van der Waals surface area (Å²) in [5, 5.41) is 3.97. The number of nitrogens with one attached hydrogen (secondary N) is 2. The van der Waals surface area contributed by atoms with Crippen LogP contribution >= 0.6 is 0 Å². The Hall–Kier alpha value is -1.81. The molecule has 0 bridgehead atoms. The number of aryl methyl sites for hydroxylation is 2. The molecule has 4 nitrogen and oxygen atoms in total. The van der Waals surface area contributed by atoms with Crippen LogP contribution in [0.3, 0.4) is 0 Å². The van der Waals surface area contributed by atoms with Gasteiger partial charge in [0.1, 0.15) is 0 Å². The summed E-state index contributed by atoms with van der Waals surface area (Å²) in [5.74, 6) is -0.0383. The second-order valence-electron chi connectivity index (χ2n) is 4.53. The van der Waals surface area contributed by atoms with E-state index in [1.165, 1.54) is 5.56 Å². The van der Waals surface area contributed by atoms with E-state index in [-0.39, 0.29) is 5.91 Å². The van der Waals surface area contributed by atoms with E-state index in [0.29, 0.717) is 18.7 Å². The van der Waals surface area contributed by atoms with Crippen molar-refractivity contribution in [2.45, 2.75) is 20.3 Å². The van der Waals surface area contributed by atoms with Gasteiger partial charge in [0.25, 0.3) is 5.91 Å². The lowest BCUT2D eigenvalue weighted by atomic mass is 10.1. The molecule has 96 valence electrons. The Morgan fingerprint density at radius 3 is 2.89 bits per heavy atom. The smallest absolute Gasteiger partial charge is 0.251 e. The molecular formula is C14H19N3O. The van der Waals surface area contributed by atoms with Gasteiger partial charge in [-0.05, 0) is 50.6 Å². The molecule has 1 aromatic carbocycles. The van der Waals surface area contributed by atoms with Crippen LogP contribution in [0.15, 0.2) is 18.2 Å². The minimum atomic E-state index is -0.0383. The van der Waals surface area contributed by atoms with E-state index >= 15 is 0 Å². The van der Waals surface area contributed by atoms with Crippen LogP contribution in [0.5, 0.6) is 0 Å². The standard InChI is InChI=1S/C14H19N3O/c1-9-10(2)17-13-5-4-11(8-12(9)13)14(18)16-7-3-6-15/h4-5,8,17H,3,6-7,15H2,1-2H3,(H,16,18). The molecule has 0 aliphatic carbocycles. The number of benzene rings is 1. The van der Waals surface area contributed by atoms with Crippen molar-refractivity contribution in [3.63, 3.8) is 0 Å². The molecule has 0 aliphatic rings. The lowest BCUT2D eigenvalue weighted by Gasteiger charge is -2.04. The molecule has 0 atom stereocenters. The number of amides is 1. The number of fused-ring (bicyclic) bond motifs is 1. The van der Waals surface area contributed by atoms with Crippen molar-refractivity contribution in [1.29, 1.82) is 0 Å². The monoisotopic (exact) mass is 245 g/mol. The Bertz CT molecular complexity index is 572. The summed E-state index contributed by atoms with van der Waals surface area (Å²) in [6.45, 7) is 5.31. The van der Waals surface area contributed by atoms with Gasteiger partial charge < -0.3 is 16.0 Å². The number of rotatable bonds is 4. The van der Waals surface area contributed by atoms with Gasteiger partial charge in [0.05, 0.1) is 0 Å². The quantitative estimate of drug-likeness (QED) is 0.719. The number of hydrogen-bond acceptors (Lipinski definition) is 2. The van der Waals surface area contributed by atoms with Gasteiger partial charge >= 0.3 is 0 Å². The van der Waals surface area contributed by atoms with Gasteiger partial charge in [-0.25, -0.2) is 0 Å². The Kier molecular flexibility index (Phi) is 3.67. The van der Waals surface area contributed by atoms with Crippen molar-refractivity contribution in [2.75, 3.05) is 13.1 Å². The highest BCUT2D eigenvalue weighted by Crippen LogP contribution is 2.22. The molecule has 18 heavy (non-hydrogen) atoms. The largest absolute Gasteiger partial charge is 0.358 e. The van der Waals surface area contributed by atoms with Crippen LogP contribution < -0.4 is 11.1 Å². The highest BCUT2D eigenvalue weighted by atomic mass is 16.1. The maximum atomic E-state index is 11.9. The van der Waals surface area contributed by atoms with E-state index in [1.54, 1.807) is 0 Å². The first-order valence-electron chi connectivity index (χ1n) is 6.20. The lowest BCUT2D eigenvalue weighted by Crippen LogP contribution is -2.25. The van der Waals surface area contributed by atoms with Gasteiger partial charge in [-0.15, -0.1) is 0 Å². The number of H-pyrrole nitrogens is 1. The molecule has 0 saturated carbocycles. The zero-order valence-electron chi connectivity index (χ0n) is 10.8. The number of carbonyl (C=O) groups excluding carboxylic acids is 1. The van der Waals surface area contributed by atoms with Crippen molar-refractivity contribution in [2.24, 2.45) is 5.73 Å². The third-order valence-corrected chi connectivity index (χ3v) is 3.24. The summed E-state index contributed by atoms with van der Waals surface area (Å²) >= 11 is 0. The van der Waals surface area contributed by atoms with Crippen LogP contribution in [0, 0.1) is 13.8 Å². The molecule has 2 rings (SSSR count). The molecule has 0 aliphatic heterocycles. The molecule has 0 unspecified atom stereocenters. The number of nitrogens with two attached hydrogens (primary N) is 1. The topological polar surface area (TPSA) is 70.9 Å². The minimum absolute atomic E-state index is 0.0383. The van der Waals surface area contributed by atoms with Gasteiger partial charge in [-0.3, -0.25) is 4.79 Å². The first-order valence-corrected chi connectivity index (χ1v) is 6.20. The predicted molar refractivity (Wildman–Crippen MR) is 73.8 cm³/mol. The molecule has 0 saturated heterocycles. The average Bonchev–Trinajstić information content (AvgIpc) is 2.65. The SMILES string of the molecule is Cc1[nH]c2ccc(C(=O)NCCCN)cc2c1C. The third-order valence-electron chi connectivity index (χ3n) is 3.24. The molecular weight excluding hydrogens is 226 g/mol. The van der Waals surface area contributed by atoms with E-state index < -0.39 is 0 Å². The highest BCUT2D eigenvalue weighted by molar-refractivity contribution is 5.99. The van der Waals surface area contributed by atoms with Gasteiger partial charge in [-0.1, -0.05) is 0 Å². The Labute approximate surface area is 107 Å². The van der Waals surface area contributed by atoms with Gasteiger partial charge in [0.2, 0.25) is 0 Å². The Balaban J connectivity index is 2.24. The van der Waals surface area contributed by atoms with Crippen molar-refractivity contribution < 1.29 is 4.79 Å². The first kappa shape index (κ1) is 12.6.